The summed E-state index contributed by atoms with van der Waals surface area (Å²) in [6.45, 7) is 11.5. The molecule has 2 heteroatoms. The molecule has 5 atom stereocenters. The van der Waals surface area contributed by atoms with Crippen LogP contribution in [0.1, 0.15) is 86.0 Å². The first kappa shape index (κ1) is 19.7. The summed E-state index contributed by atoms with van der Waals surface area (Å²) in [5, 5.41) is 0. The Balaban J connectivity index is 1.72. The van der Waals surface area contributed by atoms with Gasteiger partial charge in [0.15, 0.2) is 0 Å². The molecule has 0 bridgehead atoms. The van der Waals surface area contributed by atoms with Gasteiger partial charge in [0.2, 0.25) is 0 Å². The minimum Gasteiger partial charge on any atom is -0.465 e. The van der Waals surface area contributed by atoms with E-state index in [0.29, 0.717) is 23.4 Å². The molecule has 0 saturated heterocycles. The van der Waals surface area contributed by atoms with Crippen molar-refractivity contribution in [3.05, 3.63) is 23.3 Å². The molecule has 0 amide bonds. The van der Waals surface area contributed by atoms with Crippen LogP contribution in [0.3, 0.4) is 0 Å². The van der Waals surface area contributed by atoms with E-state index in [9.17, 15) is 4.79 Å². The van der Waals surface area contributed by atoms with E-state index in [1.807, 2.05) is 0 Å². The quantitative estimate of drug-likeness (QED) is 0.427. The molecular formula is C24H38O2. The summed E-state index contributed by atoms with van der Waals surface area (Å²) >= 11 is 0. The van der Waals surface area contributed by atoms with Crippen LogP contribution in [0, 0.1) is 28.6 Å². The molecule has 0 radical (unpaired) electrons. The van der Waals surface area contributed by atoms with Crippen molar-refractivity contribution in [3.63, 3.8) is 0 Å². The third-order valence-corrected chi connectivity index (χ3v) is 7.62. The highest BCUT2D eigenvalue weighted by atomic mass is 16.5. The number of ether oxygens (including phenoxy) is 1. The standard InChI is InChI=1S/C24H38O2/c1-17-7-6-11-23(4)15-22(23)13-20(18(2)16-26-19(3)25)10-12-24(5)14-21(24)9-8-17/h7,13,18,21-22H,6,8-12,14-16H2,1-5H3/b17-7+,20-13+/t18?,21-,22+,23+,24+/m1/s1. The minimum absolute atomic E-state index is 0.161. The highest BCUT2D eigenvalue weighted by molar-refractivity contribution is 5.65. The van der Waals surface area contributed by atoms with E-state index in [1.54, 1.807) is 5.57 Å². The van der Waals surface area contributed by atoms with Gasteiger partial charge >= 0.3 is 5.97 Å². The van der Waals surface area contributed by atoms with E-state index in [2.05, 4.69) is 39.8 Å². The number of allylic oxidation sites excluding steroid dienone is 3. The second-order valence-corrected chi connectivity index (χ2v) is 10.1. The molecule has 2 fully saturated rings. The predicted molar refractivity (Wildman–Crippen MR) is 108 cm³/mol. The van der Waals surface area contributed by atoms with Crippen LogP contribution in [0.15, 0.2) is 23.3 Å². The van der Waals surface area contributed by atoms with Gasteiger partial charge in [-0.15, -0.1) is 0 Å². The molecular weight excluding hydrogens is 320 g/mol. The molecule has 1 unspecified atom stereocenters. The molecule has 0 aromatic heterocycles. The van der Waals surface area contributed by atoms with Crippen LogP contribution in [-0.4, -0.2) is 12.6 Å². The van der Waals surface area contributed by atoms with Gasteiger partial charge in [-0.1, -0.05) is 44.1 Å². The Morgan fingerprint density at radius 2 is 2.00 bits per heavy atom. The Hall–Kier alpha value is -1.05. The van der Waals surface area contributed by atoms with Crippen LogP contribution in [0.4, 0.5) is 0 Å². The number of carbonyl (C=O) groups is 1. The maximum Gasteiger partial charge on any atom is 0.302 e. The third-order valence-electron chi connectivity index (χ3n) is 7.62. The Morgan fingerprint density at radius 3 is 2.73 bits per heavy atom. The lowest BCUT2D eigenvalue weighted by atomic mass is 9.87. The van der Waals surface area contributed by atoms with Crippen LogP contribution in [0.2, 0.25) is 0 Å². The van der Waals surface area contributed by atoms with Crippen molar-refractivity contribution in [1.29, 1.82) is 0 Å². The van der Waals surface area contributed by atoms with Gasteiger partial charge < -0.3 is 4.74 Å². The summed E-state index contributed by atoms with van der Waals surface area (Å²) < 4.78 is 5.33. The lowest BCUT2D eigenvalue weighted by Crippen LogP contribution is -2.13. The van der Waals surface area contributed by atoms with Gasteiger partial charge in [0.1, 0.15) is 0 Å². The van der Waals surface area contributed by atoms with Crippen molar-refractivity contribution in [2.45, 2.75) is 86.0 Å². The first-order valence-electron chi connectivity index (χ1n) is 10.7. The Morgan fingerprint density at radius 1 is 1.23 bits per heavy atom. The molecule has 2 saturated carbocycles. The number of carbonyl (C=O) groups excluding carboxylic acids is 1. The Kier molecular flexibility index (Phi) is 5.70. The molecule has 146 valence electrons. The fourth-order valence-corrected chi connectivity index (χ4v) is 4.94. The monoisotopic (exact) mass is 358 g/mol. The molecule has 26 heavy (non-hydrogen) atoms. The van der Waals surface area contributed by atoms with Crippen LogP contribution in [-0.2, 0) is 9.53 Å². The van der Waals surface area contributed by atoms with Crippen LogP contribution in [0.5, 0.6) is 0 Å². The SMILES string of the molecule is CC(=O)OCC(C)/C1=C/[C@H]2C[C@]2(C)CC/C=C(\C)CC[C@@H]2C[C@]2(C)CC1. The average molecular weight is 359 g/mol. The van der Waals surface area contributed by atoms with E-state index >= 15 is 0 Å². The van der Waals surface area contributed by atoms with Gasteiger partial charge in [-0.05, 0) is 81.0 Å². The van der Waals surface area contributed by atoms with Crippen molar-refractivity contribution in [2.24, 2.45) is 28.6 Å². The van der Waals surface area contributed by atoms with Gasteiger partial charge in [0.25, 0.3) is 0 Å². The minimum atomic E-state index is -0.161. The molecule has 3 rings (SSSR count). The summed E-state index contributed by atoms with van der Waals surface area (Å²) in [5.41, 5.74) is 4.16. The molecule has 2 nitrogen and oxygen atoms in total. The maximum atomic E-state index is 11.2. The van der Waals surface area contributed by atoms with Crippen molar-refractivity contribution < 1.29 is 9.53 Å². The fourth-order valence-electron chi connectivity index (χ4n) is 4.94. The molecule has 0 aromatic rings. The number of esters is 1. The maximum absolute atomic E-state index is 11.2. The largest absolute Gasteiger partial charge is 0.465 e. The summed E-state index contributed by atoms with van der Waals surface area (Å²) in [6.07, 6.45) is 15.4. The van der Waals surface area contributed by atoms with Gasteiger partial charge in [0.05, 0.1) is 6.61 Å². The normalized spacial score (nSPS) is 42.7. The Bertz CT molecular complexity index is 601. The van der Waals surface area contributed by atoms with Gasteiger partial charge in [0, 0.05) is 12.8 Å². The van der Waals surface area contributed by atoms with Crippen molar-refractivity contribution >= 4 is 5.97 Å². The highest BCUT2D eigenvalue weighted by Crippen LogP contribution is 2.60. The van der Waals surface area contributed by atoms with E-state index in [4.69, 9.17) is 4.74 Å². The highest BCUT2D eigenvalue weighted by Gasteiger charge is 2.50. The van der Waals surface area contributed by atoms with E-state index in [-0.39, 0.29) is 5.97 Å². The van der Waals surface area contributed by atoms with E-state index in [1.165, 1.54) is 63.9 Å². The zero-order chi connectivity index (χ0) is 18.9. The van der Waals surface area contributed by atoms with Crippen molar-refractivity contribution in [2.75, 3.05) is 6.61 Å². The molecule has 3 aliphatic carbocycles. The third kappa shape index (κ3) is 4.81. The molecule has 0 spiro atoms. The molecule has 0 aliphatic heterocycles. The first-order valence-corrected chi connectivity index (χ1v) is 10.7. The summed E-state index contributed by atoms with van der Waals surface area (Å²) in [5.74, 6) is 1.81. The zero-order valence-electron chi connectivity index (χ0n) is 17.6. The Labute approximate surface area is 160 Å². The second kappa shape index (κ2) is 7.52. The topological polar surface area (TPSA) is 26.3 Å². The van der Waals surface area contributed by atoms with Crippen molar-refractivity contribution in [1.82, 2.24) is 0 Å². The fraction of sp³-hybridized carbons (Fsp3) is 0.792. The van der Waals surface area contributed by atoms with Crippen LogP contribution >= 0.6 is 0 Å². The lowest BCUT2D eigenvalue weighted by molar-refractivity contribution is -0.141. The molecule has 0 aromatic carbocycles. The average Bonchev–Trinajstić information content (AvgIpc) is 3.42. The summed E-state index contributed by atoms with van der Waals surface area (Å²) in [4.78, 5) is 11.2. The van der Waals surface area contributed by atoms with E-state index in [0.717, 1.165) is 11.8 Å². The number of hydrogen-bond donors (Lipinski definition) is 0. The zero-order valence-corrected chi connectivity index (χ0v) is 17.6. The van der Waals surface area contributed by atoms with Crippen LogP contribution in [0.25, 0.3) is 0 Å². The second-order valence-electron chi connectivity index (χ2n) is 10.1. The van der Waals surface area contributed by atoms with Gasteiger partial charge in [-0.3, -0.25) is 4.79 Å². The number of hydrogen-bond acceptors (Lipinski definition) is 2. The van der Waals surface area contributed by atoms with Crippen molar-refractivity contribution in [3.8, 4) is 0 Å². The van der Waals surface area contributed by atoms with Gasteiger partial charge in [-0.2, -0.15) is 0 Å². The smallest absolute Gasteiger partial charge is 0.302 e. The molecule has 0 heterocycles. The van der Waals surface area contributed by atoms with Crippen LogP contribution < -0.4 is 0 Å². The summed E-state index contributed by atoms with van der Waals surface area (Å²) in [7, 11) is 0. The van der Waals surface area contributed by atoms with E-state index < -0.39 is 0 Å². The molecule has 3 aliphatic rings. The lowest BCUT2D eigenvalue weighted by Gasteiger charge is -2.20. The number of fused-ring (bicyclic) bond motifs is 2. The molecule has 0 N–H and O–H groups in total. The number of rotatable bonds is 3. The first-order chi connectivity index (χ1) is 12.2. The van der Waals surface area contributed by atoms with Gasteiger partial charge in [-0.25, -0.2) is 0 Å². The predicted octanol–water partition coefficient (Wildman–Crippen LogP) is 6.46. The summed E-state index contributed by atoms with van der Waals surface area (Å²) in [6, 6.07) is 0.